The fraction of sp³-hybridized carbons (Fsp3) is 0.320. The molecule has 1 atom stereocenters. The number of rotatable bonds is 4. The van der Waals surface area contributed by atoms with Gasteiger partial charge in [0.2, 0.25) is 10.0 Å². The molecule has 0 radical (unpaired) electrons. The van der Waals surface area contributed by atoms with E-state index in [-0.39, 0.29) is 23.8 Å². The second-order valence-corrected chi connectivity index (χ2v) is 11.0. The highest BCUT2D eigenvalue weighted by molar-refractivity contribution is 7.89. The van der Waals surface area contributed by atoms with Crippen LogP contribution in [0.5, 0.6) is 0 Å². The number of alkyl halides is 3. The van der Waals surface area contributed by atoms with Gasteiger partial charge in [-0.1, -0.05) is 12.5 Å². The predicted molar refractivity (Wildman–Crippen MR) is 123 cm³/mol. The number of halogens is 4. The van der Waals surface area contributed by atoms with E-state index in [1.165, 1.54) is 16.4 Å². The van der Waals surface area contributed by atoms with Gasteiger partial charge >= 0.3 is 6.18 Å². The van der Waals surface area contributed by atoms with Gasteiger partial charge in [-0.05, 0) is 79.4 Å². The van der Waals surface area contributed by atoms with Crippen LogP contribution in [0.2, 0.25) is 0 Å². The zero-order chi connectivity index (χ0) is 25.0. The van der Waals surface area contributed by atoms with Crippen LogP contribution in [0.4, 0.5) is 17.6 Å². The van der Waals surface area contributed by atoms with E-state index in [0.29, 0.717) is 19.3 Å². The summed E-state index contributed by atoms with van der Waals surface area (Å²) in [6, 6.07) is 9.70. The van der Waals surface area contributed by atoms with Crippen molar-refractivity contribution in [1.82, 2.24) is 14.1 Å². The normalized spacial score (nSPS) is 20.8. The Kier molecular flexibility index (Phi) is 5.63. The van der Waals surface area contributed by atoms with Gasteiger partial charge in [0.05, 0.1) is 28.0 Å². The van der Waals surface area contributed by atoms with Crippen molar-refractivity contribution in [1.29, 1.82) is 0 Å². The topological polar surface area (TPSA) is 55.2 Å². The SMILES string of the molecule is CC[C@]12Cc3cnn(-c4ccc(F)cc4)c3C=C1CCN(S(=O)(=O)c1ccc(C(F)(F)F)cc1)C2. The smallest absolute Gasteiger partial charge is 0.233 e. The summed E-state index contributed by atoms with van der Waals surface area (Å²) in [5.41, 5.74) is 2.40. The molecule has 5 rings (SSSR count). The Morgan fingerprint density at radius 1 is 1.06 bits per heavy atom. The first-order valence-corrected chi connectivity index (χ1v) is 12.7. The number of hydrogen-bond acceptors (Lipinski definition) is 3. The van der Waals surface area contributed by atoms with Crippen LogP contribution in [-0.4, -0.2) is 35.6 Å². The number of hydrogen-bond donors (Lipinski definition) is 0. The zero-order valence-corrected chi connectivity index (χ0v) is 19.7. The minimum atomic E-state index is -4.53. The second kappa shape index (κ2) is 8.30. The maximum Gasteiger partial charge on any atom is 0.416 e. The Morgan fingerprint density at radius 2 is 1.74 bits per heavy atom. The van der Waals surface area contributed by atoms with Crippen molar-refractivity contribution in [3.63, 3.8) is 0 Å². The van der Waals surface area contributed by atoms with Crippen molar-refractivity contribution in [2.45, 2.75) is 37.3 Å². The maximum atomic E-state index is 13.4. The summed E-state index contributed by atoms with van der Waals surface area (Å²) in [5.74, 6) is -0.334. The van der Waals surface area contributed by atoms with E-state index in [2.05, 4.69) is 11.2 Å². The summed E-state index contributed by atoms with van der Waals surface area (Å²) in [7, 11) is -3.96. The molecule has 2 aromatic carbocycles. The van der Waals surface area contributed by atoms with Crippen LogP contribution in [0, 0.1) is 11.2 Å². The Bertz CT molecular complexity index is 1390. The lowest BCUT2D eigenvalue weighted by Gasteiger charge is -2.45. The monoisotopic (exact) mass is 505 g/mol. The Balaban J connectivity index is 1.45. The van der Waals surface area contributed by atoms with Gasteiger partial charge in [0, 0.05) is 18.5 Å². The van der Waals surface area contributed by atoms with Crippen LogP contribution in [0.3, 0.4) is 0 Å². The highest BCUT2D eigenvalue weighted by Crippen LogP contribution is 2.47. The van der Waals surface area contributed by atoms with Crippen molar-refractivity contribution >= 4 is 16.1 Å². The quantitative estimate of drug-likeness (QED) is 0.443. The molecule has 0 amide bonds. The molecule has 184 valence electrons. The van der Waals surface area contributed by atoms with Crippen LogP contribution in [0.15, 0.2) is 65.2 Å². The first-order chi connectivity index (χ1) is 16.5. The molecule has 1 saturated heterocycles. The molecule has 2 heterocycles. The molecule has 1 fully saturated rings. The highest BCUT2D eigenvalue weighted by Gasteiger charge is 2.45. The molecular weight excluding hydrogens is 482 g/mol. The van der Waals surface area contributed by atoms with E-state index in [4.69, 9.17) is 0 Å². The van der Waals surface area contributed by atoms with E-state index in [1.54, 1.807) is 23.0 Å². The molecule has 1 aliphatic carbocycles. The molecule has 2 aliphatic rings. The number of sulfonamides is 1. The average Bonchev–Trinajstić information content (AvgIpc) is 3.24. The van der Waals surface area contributed by atoms with E-state index in [9.17, 15) is 26.0 Å². The highest BCUT2D eigenvalue weighted by atomic mass is 32.2. The summed E-state index contributed by atoms with van der Waals surface area (Å²) in [6.07, 6.45) is 1.07. The van der Waals surface area contributed by atoms with E-state index in [1.807, 2.05) is 6.92 Å². The van der Waals surface area contributed by atoms with E-state index in [0.717, 1.165) is 46.8 Å². The van der Waals surface area contributed by atoms with Crippen LogP contribution >= 0.6 is 0 Å². The Labute approximate surface area is 200 Å². The molecule has 1 aliphatic heterocycles. The summed E-state index contributed by atoms with van der Waals surface area (Å²) in [5, 5.41) is 4.49. The largest absolute Gasteiger partial charge is 0.416 e. The van der Waals surface area contributed by atoms with Gasteiger partial charge in [-0.3, -0.25) is 0 Å². The molecule has 0 saturated carbocycles. The predicted octanol–water partition coefficient (Wildman–Crippen LogP) is 5.46. The number of fused-ring (bicyclic) bond motifs is 2. The minimum absolute atomic E-state index is 0.148. The second-order valence-electron chi connectivity index (χ2n) is 9.03. The number of nitrogens with zero attached hydrogens (tertiary/aromatic N) is 3. The molecule has 3 aromatic rings. The summed E-state index contributed by atoms with van der Waals surface area (Å²) in [4.78, 5) is -0.148. The third-order valence-corrected chi connectivity index (χ3v) is 8.94. The van der Waals surface area contributed by atoms with Crippen molar-refractivity contribution in [3.8, 4) is 5.69 Å². The van der Waals surface area contributed by atoms with Crippen LogP contribution in [0.1, 0.15) is 36.6 Å². The standard InChI is InChI=1S/C25H23F4N3O2S/c1-2-24-14-17-15-30-32(21-7-5-20(26)6-8-21)23(17)13-19(24)11-12-31(16-24)35(33,34)22-9-3-18(4-10-22)25(27,28)29/h3-10,13,15H,2,11-12,14,16H2,1H3/t24-/m1/s1. The molecule has 0 unspecified atom stereocenters. The first kappa shape index (κ1) is 23.7. The van der Waals surface area contributed by atoms with Gasteiger partial charge in [-0.2, -0.15) is 22.6 Å². The lowest BCUT2D eigenvalue weighted by molar-refractivity contribution is -0.137. The van der Waals surface area contributed by atoms with Gasteiger partial charge in [0.25, 0.3) is 0 Å². The van der Waals surface area contributed by atoms with Gasteiger partial charge < -0.3 is 0 Å². The third kappa shape index (κ3) is 4.08. The van der Waals surface area contributed by atoms with Crippen molar-refractivity contribution in [3.05, 3.63) is 82.9 Å². The van der Waals surface area contributed by atoms with Gasteiger partial charge in [0.1, 0.15) is 5.82 Å². The number of piperidine rings is 1. The van der Waals surface area contributed by atoms with Crippen LogP contribution < -0.4 is 0 Å². The number of aromatic nitrogens is 2. The zero-order valence-electron chi connectivity index (χ0n) is 18.9. The fourth-order valence-corrected chi connectivity index (χ4v) is 6.58. The van der Waals surface area contributed by atoms with Crippen LogP contribution in [-0.2, 0) is 22.6 Å². The molecule has 0 spiro atoms. The third-order valence-electron chi connectivity index (χ3n) is 7.08. The summed E-state index contributed by atoms with van der Waals surface area (Å²) in [6.45, 7) is 2.48. The van der Waals surface area contributed by atoms with Gasteiger partial charge in [-0.15, -0.1) is 0 Å². The minimum Gasteiger partial charge on any atom is -0.233 e. The van der Waals surface area contributed by atoms with Gasteiger partial charge in [0.15, 0.2) is 0 Å². The average molecular weight is 506 g/mol. The van der Waals surface area contributed by atoms with Crippen molar-refractivity contribution < 1.29 is 26.0 Å². The van der Waals surface area contributed by atoms with Gasteiger partial charge in [-0.25, -0.2) is 17.5 Å². The first-order valence-electron chi connectivity index (χ1n) is 11.2. The van der Waals surface area contributed by atoms with E-state index < -0.39 is 27.2 Å². The molecule has 1 aromatic heterocycles. The molecule has 5 nitrogen and oxygen atoms in total. The Morgan fingerprint density at radius 3 is 2.37 bits per heavy atom. The molecule has 10 heteroatoms. The maximum absolute atomic E-state index is 13.4. The van der Waals surface area contributed by atoms with Crippen molar-refractivity contribution in [2.24, 2.45) is 5.41 Å². The molecule has 0 bridgehead atoms. The van der Waals surface area contributed by atoms with E-state index >= 15 is 0 Å². The summed E-state index contributed by atoms with van der Waals surface area (Å²) >= 11 is 0. The molecule has 0 N–H and O–H groups in total. The lowest BCUT2D eigenvalue weighted by atomic mass is 9.67. The van der Waals surface area contributed by atoms with Crippen LogP contribution in [0.25, 0.3) is 11.8 Å². The Hall–Kier alpha value is -2.98. The summed E-state index contributed by atoms with van der Waals surface area (Å²) < 4.78 is 81.9. The van der Waals surface area contributed by atoms with Crippen molar-refractivity contribution in [2.75, 3.05) is 13.1 Å². The molecular formula is C25H23F4N3O2S. The number of benzene rings is 2. The fourth-order valence-electron chi connectivity index (χ4n) is 5.06. The lowest BCUT2D eigenvalue weighted by Crippen LogP contribution is -2.49. The molecule has 35 heavy (non-hydrogen) atoms.